The first-order chi connectivity index (χ1) is 9.08. The number of furan rings is 1. The molecule has 6 heteroatoms. The molecular weight excluding hydrogens is 250 g/mol. The SMILES string of the molecule is CC(C)C(=O)OCCOC(=O)c1cc2occc2[nH]1. The molecule has 0 unspecified atom stereocenters. The summed E-state index contributed by atoms with van der Waals surface area (Å²) in [7, 11) is 0. The molecule has 0 bridgehead atoms. The highest BCUT2D eigenvalue weighted by molar-refractivity contribution is 5.93. The molecule has 2 aromatic heterocycles. The van der Waals surface area contributed by atoms with E-state index in [2.05, 4.69) is 4.98 Å². The number of carbonyl (C=O) groups is 2. The lowest BCUT2D eigenvalue weighted by Crippen LogP contribution is -2.17. The van der Waals surface area contributed by atoms with E-state index in [9.17, 15) is 9.59 Å². The Morgan fingerprint density at radius 2 is 2.05 bits per heavy atom. The zero-order valence-electron chi connectivity index (χ0n) is 10.8. The molecule has 0 atom stereocenters. The van der Waals surface area contributed by atoms with Gasteiger partial charge in [-0.25, -0.2) is 4.79 Å². The molecule has 0 amide bonds. The molecule has 0 saturated carbocycles. The predicted octanol–water partition coefficient (Wildman–Crippen LogP) is 2.12. The fourth-order valence-electron chi connectivity index (χ4n) is 1.48. The first-order valence-electron chi connectivity index (χ1n) is 5.98. The zero-order chi connectivity index (χ0) is 13.8. The van der Waals surface area contributed by atoms with Crippen LogP contribution in [0.15, 0.2) is 22.8 Å². The summed E-state index contributed by atoms with van der Waals surface area (Å²) in [6.07, 6.45) is 1.53. The van der Waals surface area contributed by atoms with Gasteiger partial charge in [0.05, 0.1) is 17.7 Å². The van der Waals surface area contributed by atoms with E-state index in [0.717, 1.165) is 5.52 Å². The Kier molecular flexibility index (Phi) is 3.89. The van der Waals surface area contributed by atoms with Gasteiger partial charge in [0.2, 0.25) is 0 Å². The fourth-order valence-corrected chi connectivity index (χ4v) is 1.48. The average Bonchev–Trinajstić information content (AvgIpc) is 2.94. The summed E-state index contributed by atoms with van der Waals surface area (Å²) in [4.78, 5) is 25.7. The molecular formula is C13H15NO5. The van der Waals surface area contributed by atoms with Gasteiger partial charge in [0.15, 0.2) is 5.58 Å². The van der Waals surface area contributed by atoms with Crippen LogP contribution in [-0.4, -0.2) is 30.1 Å². The fraction of sp³-hybridized carbons (Fsp3) is 0.385. The number of hydrogen-bond donors (Lipinski definition) is 1. The summed E-state index contributed by atoms with van der Waals surface area (Å²) in [6, 6.07) is 3.29. The second-order valence-corrected chi connectivity index (χ2v) is 4.34. The van der Waals surface area contributed by atoms with Crippen molar-refractivity contribution in [3.05, 3.63) is 24.1 Å². The Morgan fingerprint density at radius 3 is 2.74 bits per heavy atom. The second kappa shape index (κ2) is 5.60. The topological polar surface area (TPSA) is 81.5 Å². The van der Waals surface area contributed by atoms with Gasteiger partial charge >= 0.3 is 11.9 Å². The number of hydrogen-bond acceptors (Lipinski definition) is 5. The van der Waals surface area contributed by atoms with E-state index in [-0.39, 0.29) is 25.1 Å². The van der Waals surface area contributed by atoms with E-state index in [4.69, 9.17) is 13.9 Å². The highest BCUT2D eigenvalue weighted by atomic mass is 16.6. The maximum absolute atomic E-state index is 11.7. The van der Waals surface area contributed by atoms with Crippen LogP contribution >= 0.6 is 0 Å². The van der Waals surface area contributed by atoms with Crippen LogP contribution in [0.3, 0.4) is 0 Å². The van der Waals surface area contributed by atoms with Crippen LogP contribution in [0.4, 0.5) is 0 Å². The number of carbonyl (C=O) groups excluding carboxylic acids is 2. The van der Waals surface area contributed by atoms with Crippen LogP contribution < -0.4 is 0 Å². The van der Waals surface area contributed by atoms with E-state index in [0.29, 0.717) is 11.3 Å². The summed E-state index contributed by atoms with van der Waals surface area (Å²) in [5.74, 6) is -1.01. The molecule has 102 valence electrons. The van der Waals surface area contributed by atoms with Crippen LogP contribution in [0.1, 0.15) is 24.3 Å². The van der Waals surface area contributed by atoms with Crippen molar-refractivity contribution in [1.82, 2.24) is 4.98 Å². The van der Waals surface area contributed by atoms with E-state index >= 15 is 0 Å². The highest BCUT2D eigenvalue weighted by Crippen LogP contribution is 2.16. The lowest BCUT2D eigenvalue weighted by Gasteiger charge is -2.07. The van der Waals surface area contributed by atoms with Crippen molar-refractivity contribution in [2.24, 2.45) is 5.92 Å². The maximum Gasteiger partial charge on any atom is 0.355 e. The van der Waals surface area contributed by atoms with Gasteiger partial charge in [-0.15, -0.1) is 0 Å². The minimum absolute atomic E-state index is 0.0255. The minimum atomic E-state index is -0.507. The third kappa shape index (κ3) is 3.15. The van der Waals surface area contributed by atoms with Gasteiger partial charge in [0.1, 0.15) is 18.9 Å². The normalized spacial score (nSPS) is 10.9. The molecule has 1 N–H and O–H groups in total. The summed E-state index contributed by atoms with van der Waals surface area (Å²) in [5, 5.41) is 0. The van der Waals surface area contributed by atoms with Crippen molar-refractivity contribution in [2.75, 3.05) is 13.2 Å². The zero-order valence-corrected chi connectivity index (χ0v) is 10.8. The molecule has 0 radical (unpaired) electrons. The summed E-state index contributed by atoms with van der Waals surface area (Å²) in [6.45, 7) is 3.56. The number of fused-ring (bicyclic) bond motifs is 1. The molecule has 0 aliphatic rings. The molecule has 2 rings (SSSR count). The number of H-pyrrole nitrogens is 1. The van der Waals surface area contributed by atoms with Crippen LogP contribution in [0.2, 0.25) is 0 Å². The lowest BCUT2D eigenvalue weighted by molar-refractivity contribution is -0.148. The quantitative estimate of drug-likeness (QED) is 0.661. The number of aromatic amines is 1. The highest BCUT2D eigenvalue weighted by Gasteiger charge is 2.13. The predicted molar refractivity (Wildman–Crippen MR) is 66.6 cm³/mol. The molecule has 0 aliphatic heterocycles. The number of esters is 2. The smallest absolute Gasteiger partial charge is 0.355 e. The first-order valence-corrected chi connectivity index (χ1v) is 5.98. The Balaban J connectivity index is 1.79. The van der Waals surface area contributed by atoms with Crippen LogP contribution in [0.25, 0.3) is 11.1 Å². The van der Waals surface area contributed by atoms with E-state index < -0.39 is 5.97 Å². The standard InChI is InChI=1S/C13H15NO5/c1-8(2)12(15)18-5-6-19-13(16)10-7-11-9(14-10)3-4-17-11/h3-4,7-8,14H,5-6H2,1-2H3. The average molecular weight is 265 g/mol. The lowest BCUT2D eigenvalue weighted by atomic mass is 10.2. The summed E-state index contributed by atoms with van der Waals surface area (Å²) < 4.78 is 15.0. The number of nitrogens with one attached hydrogen (secondary N) is 1. The largest absolute Gasteiger partial charge is 0.463 e. The number of ether oxygens (including phenoxy) is 2. The first kappa shape index (κ1) is 13.2. The van der Waals surface area contributed by atoms with Gasteiger partial charge < -0.3 is 18.9 Å². The Morgan fingerprint density at radius 1 is 1.32 bits per heavy atom. The van der Waals surface area contributed by atoms with Gasteiger partial charge in [-0.05, 0) is 0 Å². The maximum atomic E-state index is 11.7. The van der Waals surface area contributed by atoms with E-state index in [1.165, 1.54) is 6.26 Å². The van der Waals surface area contributed by atoms with Crippen molar-refractivity contribution in [1.29, 1.82) is 0 Å². The van der Waals surface area contributed by atoms with Crippen molar-refractivity contribution in [3.8, 4) is 0 Å². The monoisotopic (exact) mass is 265 g/mol. The van der Waals surface area contributed by atoms with E-state index in [1.54, 1.807) is 26.0 Å². The molecule has 0 fully saturated rings. The molecule has 0 spiro atoms. The molecule has 6 nitrogen and oxygen atoms in total. The van der Waals surface area contributed by atoms with Crippen LogP contribution in [0.5, 0.6) is 0 Å². The summed E-state index contributed by atoms with van der Waals surface area (Å²) >= 11 is 0. The van der Waals surface area contributed by atoms with Crippen molar-refractivity contribution in [3.63, 3.8) is 0 Å². The number of rotatable bonds is 5. The molecule has 2 heterocycles. The van der Waals surface area contributed by atoms with Crippen LogP contribution in [-0.2, 0) is 14.3 Å². The molecule has 2 aromatic rings. The van der Waals surface area contributed by atoms with Gasteiger partial charge in [-0.2, -0.15) is 0 Å². The van der Waals surface area contributed by atoms with Crippen LogP contribution in [0, 0.1) is 5.92 Å². The Labute approximate surface area is 109 Å². The van der Waals surface area contributed by atoms with Crippen molar-refractivity contribution < 1.29 is 23.5 Å². The van der Waals surface area contributed by atoms with Gasteiger partial charge in [-0.3, -0.25) is 4.79 Å². The third-order valence-electron chi connectivity index (χ3n) is 2.49. The Hall–Kier alpha value is -2.24. The van der Waals surface area contributed by atoms with Gasteiger partial charge in [-0.1, -0.05) is 13.8 Å². The third-order valence-corrected chi connectivity index (χ3v) is 2.49. The van der Waals surface area contributed by atoms with Gasteiger partial charge in [0.25, 0.3) is 0 Å². The molecule has 0 saturated heterocycles. The minimum Gasteiger partial charge on any atom is -0.463 e. The second-order valence-electron chi connectivity index (χ2n) is 4.34. The Bertz CT molecular complexity index is 552. The van der Waals surface area contributed by atoms with Crippen molar-refractivity contribution >= 4 is 23.0 Å². The number of aromatic nitrogens is 1. The summed E-state index contributed by atoms with van der Waals surface area (Å²) in [5.41, 5.74) is 1.64. The van der Waals surface area contributed by atoms with E-state index in [1.807, 2.05) is 0 Å². The molecule has 19 heavy (non-hydrogen) atoms. The molecule has 0 aromatic carbocycles. The van der Waals surface area contributed by atoms with Crippen molar-refractivity contribution in [2.45, 2.75) is 13.8 Å². The van der Waals surface area contributed by atoms with Gasteiger partial charge in [0, 0.05) is 12.1 Å². The molecule has 0 aliphatic carbocycles.